The number of hydrogen-bond acceptors (Lipinski definition) is 6. The summed E-state index contributed by atoms with van der Waals surface area (Å²) < 4.78 is 9.57. The smallest absolute Gasteiger partial charge is 0.433 e. The number of furan rings is 1. The molecule has 7 nitrogen and oxygen atoms in total. The number of ether oxygens (including phenoxy) is 1. The van der Waals surface area contributed by atoms with Gasteiger partial charge in [0.2, 0.25) is 0 Å². The van der Waals surface area contributed by atoms with Crippen LogP contribution in [-0.2, 0) is 9.53 Å². The van der Waals surface area contributed by atoms with Crippen LogP contribution in [0.25, 0.3) is 0 Å². The van der Waals surface area contributed by atoms with E-state index in [1.165, 1.54) is 19.2 Å². The summed E-state index contributed by atoms with van der Waals surface area (Å²) in [4.78, 5) is 21.3. The van der Waals surface area contributed by atoms with E-state index >= 15 is 0 Å². The molecule has 18 heavy (non-hydrogen) atoms. The fourth-order valence-electron chi connectivity index (χ4n) is 1.35. The number of nitro groups is 1. The molecule has 0 saturated heterocycles. The Morgan fingerprint density at radius 2 is 2.11 bits per heavy atom. The first-order valence-electron chi connectivity index (χ1n) is 4.88. The second-order valence-electron chi connectivity index (χ2n) is 4.12. The molecule has 0 saturated carbocycles. The lowest BCUT2D eigenvalue weighted by atomic mass is 9.83. The van der Waals surface area contributed by atoms with Crippen LogP contribution >= 0.6 is 12.4 Å². The molecule has 0 aliphatic rings. The van der Waals surface area contributed by atoms with Crippen LogP contribution in [0.2, 0.25) is 0 Å². The minimum absolute atomic E-state index is 0. The van der Waals surface area contributed by atoms with Gasteiger partial charge in [-0.25, -0.2) is 0 Å². The summed E-state index contributed by atoms with van der Waals surface area (Å²) in [6.07, 6.45) is 0. The number of carbonyl (C=O) groups is 1. The third-order valence-corrected chi connectivity index (χ3v) is 2.59. The molecule has 1 aromatic rings. The van der Waals surface area contributed by atoms with E-state index in [0.717, 1.165) is 0 Å². The average molecular weight is 279 g/mol. The van der Waals surface area contributed by atoms with Crippen molar-refractivity contribution in [3.63, 3.8) is 0 Å². The molecular weight excluding hydrogens is 264 g/mol. The zero-order chi connectivity index (χ0) is 13.2. The number of carbonyl (C=O) groups excluding carboxylic acids is 1. The highest BCUT2D eigenvalue weighted by molar-refractivity contribution is 5.85. The first-order chi connectivity index (χ1) is 7.80. The Morgan fingerprint density at radius 1 is 1.56 bits per heavy atom. The van der Waals surface area contributed by atoms with Crippen molar-refractivity contribution in [3.05, 3.63) is 28.0 Å². The molecular formula is C10H15ClN2O5. The molecule has 0 amide bonds. The highest BCUT2D eigenvalue weighted by atomic mass is 35.5. The lowest BCUT2D eigenvalue weighted by Gasteiger charge is -2.26. The first-order valence-corrected chi connectivity index (χ1v) is 4.88. The molecule has 1 rings (SSSR count). The van der Waals surface area contributed by atoms with Gasteiger partial charge < -0.3 is 14.9 Å². The fraction of sp³-hybridized carbons (Fsp3) is 0.500. The second kappa shape index (κ2) is 5.83. The van der Waals surface area contributed by atoms with Gasteiger partial charge in [0.05, 0.1) is 24.6 Å². The number of nitrogens with two attached hydrogens (primary N) is 1. The van der Waals surface area contributed by atoms with Gasteiger partial charge in [-0.3, -0.25) is 14.9 Å². The molecule has 0 spiro atoms. The van der Waals surface area contributed by atoms with Crippen LogP contribution in [-0.4, -0.2) is 18.0 Å². The number of hydrogen-bond donors (Lipinski definition) is 1. The van der Waals surface area contributed by atoms with Crippen molar-refractivity contribution in [2.45, 2.75) is 19.9 Å². The van der Waals surface area contributed by atoms with Crippen molar-refractivity contribution in [1.29, 1.82) is 0 Å². The Bertz CT molecular complexity index is 443. The van der Waals surface area contributed by atoms with Crippen molar-refractivity contribution >= 4 is 24.3 Å². The summed E-state index contributed by atoms with van der Waals surface area (Å²) in [5, 5.41) is 10.5. The summed E-state index contributed by atoms with van der Waals surface area (Å²) in [6.45, 7) is 3.16. The van der Waals surface area contributed by atoms with Gasteiger partial charge in [-0.15, -0.1) is 12.4 Å². The minimum atomic E-state index is -1.03. The molecule has 8 heteroatoms. The highest BCUT2D eigenvalue weighted by Gasteiger charge is 2.38. The standard InChI is InChI=1S/C10H14N2O5.ClH/c1-10(2,9(13)16-3)8(11)6-4-5-7(17-6)12(14)15;/h4-5,8H,11H2,1-3H3;1H/t8-;/m1./s1. The monoisotopic (exact) mass is 278 g/mol. The van der Waals surface area contributed by atoms with Gasteiger partial charge in [0.25, 0.3) is 0 Å². The Hall–Kier alpha value is -1.60. The largest absolute Gasteiger partial charge is 0.469 e. The second-order valence-corrected chi connectivity index (χ2v) is 4.12. The molecule has 0 bridgehead atoms. The van der Waals surface area contributed by atoms with E-state index in [9.17, 15) is 14.9 Å². The van der Waals surface area contributed by atoms with Gasteiger partial charge in [-0.1, -0.05) is 0 Å². The number of halogens is 1. The quantitative estimate of drug-likeness (QED) is 0.511. The average Bonchev–Trinajstić information content (AvgIpc) is 2.75. The molecule has 1 heterocycles. The highest BCUT2D eigenvalue weighted by Crippen LogP contribution is 2.34. The summed E-state index contributed by atoms with van der Waals surface area (Å²) in [7, 11) is 1.25. The van der Waals surface area contributed by atoms with Crippen molar-refractivity contribution in [3.8, 4) is 0 Å². The zero-order valence-electron chi connectivity index (χ0n) is 10.2. The van der Waals surface area contributed by atoms with E-state index in [2.05, 4.69) is 4.74 Å². The van der Waals surface area contributed by atoms with Crippen LogP contribution in [0.5, 0.6) is 0 Å². The Kier molecular flexibility index (Phi) is 5.31. The van der Waals surface area contributed by atoms with Crippen molar-refractivity contribution in [2.75, 3.05) is 7.11 Å². The number of rotatable bonds is 4. The molecule has 0 unspecified atom stereocenters. The molecule has 0 radical (unpaired) electrons. The van der Waals surface area contributed by atoms with Gasteiger partial charge in [0.15, 0.2) is 0 Å². The fourth-order valence-corrected chi connectivity index (χ4v) is 1.35. The van der Waals surface area contributed by atoms with Gasteiger partial charge in [-0.2, -0.15) is 0 Å². The number of esters is 1. The third-order valence-electron chi connectivity index (χ3n) is 2.59. The van der Waals surface area contributed by atoms with Crippen LogP contribution in [0, 0.1) is 15.5 Å². The molecule has 0 aliphatic carbocycles. The zero-order valence-corrected chi connectivity index (χ0v) is 11.0. The Labute approximate surface area is 110 Å². The van der Waals surface area contributed by atoms with Crippen molar-refractivity contribution < 1.29 is 18.9 Å². The first kappa shape index (κ1) is 16.4. The van der Waals surface area contributed by atoms with Crippen LogP contribution in [0.3, 0.4) is 0 Å². The summed E-state index contributed by atoms with van der Waals surface area (Å²) in [6, 6.07) is 1.76. The van der Waals surface area contributed by atoms with Gasteiger partial charge >= 0.3 is 11.9 Å². The van der Waals surface area contributed by atoms with Gasteiger partial charge in [0, 0.05) is 0 Å². The van der Waals surface area contributed by atoms with E-state index in [1.54, 1.807) is 13.8 Å². The van der Waals surface area contributed by atoms with Gasteiger partial charge in [-0.05, 0) is 19.9 Å². The van der Waals surface area contributed by atoms with Crippen molar-refractivity contribution in [2.24, 2.45) is 11.1 Å². The maximum absolute atomic E-state index is 11.5. The van der Waals surface area contributed by atoms with E-state index < -0.39 is 28.2 Å². The molecule has 0 aliphatic heterocycles. The van der Waals surface area contributed by atoms with Crippen LogP contribution in [0.1, 0.15) is 25.6 Å². The molecule has 1 aromatic heterocycles. The molecule has 2 N–H and O–H groups in total. The van der Waals surface area contributed by atoms with Crippen LogP contribution in [0.4, 0.5) is 5.88 Å². The lowest BCUT2D eigenvalue weighted by Crippen LogP contribution is -2.37. The van der Waals surface area contributed by atoms with E-state index in [-0.39, 0.29) is 18.2 Å². The summed E-state index contributed by atoms with van der Waals surface area (Å²) >= 11 is 0. The predicted octanol–water partition coefficient (Wildman–Crippen LogP) is 1.81. The topological polar surface area (TPSA) is 109 Å². The molecule has 1 atom stereocenters. The minimum Gasteiger partial charge on any atom is -0.469 e. The van der Waals surface area contributed by atoms with Crippen molar-refractivity contribution in [1.82, 2.24) is 0 Å². The molecule has 0 aromatic carbocycles. The molecule has 102 valence electrons. The van der Waals surface area contributed by atoms with E-state index in [1.807, 2.05) is 0 Å². The summed E-state index contributed by atoms with van der Waals surface area (Å²) in [5.41, 5.74) is 4.82. The normalized spacial score (nSPS) is 12.4. The number of nitrogens with zero attached hydrogens (tertiary/aromatic N) is 1. The summed E-state index contributed by atoms with van der Waals surface area (Å²) in [5.74, 6) is -0.743. The molecule has 0 fully saturated rings. The SMILES string of the molecule is COC(=O)C(C)(C)[C@H](N)c1ccc([N+](=O)[O-])o1.Cl. The maximum atomic E-state index is 11.5. The predicted molar refractivity (Wildman–Crippen MR) is 65.3 cm³/mol. The number of methoxy groups -OCH3 is 1. The maximum Gasteiger partial charge on any atom is 0.433 e. The Morgan fingerprint density at radius 3 is 2.50 bits per heavy atom. The Balaban J connectivity index is 0.00000289. The third kappa shape index (κ3) is 2.99. The van der Waals surface area contributed by atoms with E-state index in [4.69, 9.17) is 10.2 Å². The van der Waals surface area contributed by atoms with Crippen LogP contribution < -0.4 is 5.73 Å². The van der Waals surface area contributed by atoms with E-state index in [0.29, 0.717) is 0 Å². The van der Waals surface area contributed by atoms with Gasteiger partial charge in [0.1, 0.15) is 10.7 Å². The van der Waals surface area contributed by atoms with Crippen LogP contribution in [0.15, 0.2) is 16.5 Å². The lowest BCUT2D eigenvalue weighted by molar-refractivity contribution is -0.402.